The Kier molecular flexibility index (Phi) is 9.73. The lowest BCUT2D eigenvalue weighted by Crippen LogP contribution is -2.52. The normalized spacial score (nSPS) is 13.1. The Labute approximate surface area is 209 Å². The molecule has 0 aromatic heterocycles. The third-order valence-electron chi connectivity index (χ3n) is 5.36. The van der Waals surface area contributed by atoms with E-state index in [-0.39, 0.29) is 28.3 Å². The van der Waals surface area contributed by atoms with Crippen LogP contribution in [0.2, 0.25) is 10.0 Å². The Morgan fingerprint density at radius 1 is 1.06 bits per heavy atom. The fourth-order valence-electron chi connectivity index (χ4n) is 3.15. The number of rotatable bonds is 10. The predicted molar refractivity (Wildman–Crippen MR) is 133 cm³/mol. The number of amides is 2. The van der Waals surface area contributed by atoms with Crippen molar-refractivity contribution in [1.82, 2.24) is 10.2 Å². The highest BCUT2D eigenvalue weighted by atomic mass is 35.5. The lowest BCUT2D eigenvalue weighted by atomic mass is 10.1. The van der Waals surface area contributed by atoms with E-state index in [0.29, 0.717) is 16.3 Å². The topological polar surface area (TPSA) is 86.8 Å². The number of sulfonamides is 1. The van der Waals surface area contributed by atoms with Crippen LogP contribution >= 0.6 is 23.2 Å². The molecule has 2 aromatic carbocycles. The van der Waals surface area contributed by atoms with Crippen molar-refractivity contribution >= 4 is 50.7 Å². The van der Waals surface area contributed by atoms with Crippen molar-refractivity contribution in [3.05, 3.63) is 63.9 Å². The zero-order valence-electron chi connectivity index (χ0n) is 19.4. The standard InChI is InChI=1S/C23H28Cl2FN3O4S/c1-5-15(2)27-23(31)16(3)28(13-17-18(24)9-8-10-19(17)25)22(30)14-29(34(4,32)33)21-12-7-6-11-20(21)26/h6-12,15-16H,5,13-14H2,1-4H3,(H,27,31)/t15-,16-/m0/s1. The smallest absolute Gasteiger partial charge is 0.244 e. The average Bonchev–Trinajstić information content (AvgIpc) is 2.76. The third kappa shape index (κ3) is 7.07. The maximum atomic E-state index is 14.4. The molecule has 0 saturated carbocycles. The summed E-state index contributed by atoms with van der Waals surface area (Å²) in [5.74, 6) is -1.96. The van der Waals surface area contributed by atoms with Crippen LogP contribution in [0.4, 0.5) is 10.1 Å². The van der Waals surface area contributed by atoms with Crippen LogP contribution in [0.15, 0.2) is 42.5 Å². The fraction of sp³-hybridized carbons (Fsp3) is 0.391. The molecule has 1 N–H and O–H groups in total. The fourth-order valence-corrected chi connectivity index (χ4v) is 4.52. The Morgan fingerprint density at radius 2 is 1.65 bits per heavy atom. The van der Waals surface area contributed by atoms with E-state index < -0.39 is 40.2 Å². The molecule has 0 unspecified atom stereocenters. The maximum Gasteiger partial charge on any atom is 0.244 e. The molecule has 34 heavy (non-hydrogen) atoms. The van der Waals surface area contributed by atoms with E-state index in [1.54, 1.807) is 18.2 Å². The number of carbonyl (C=O) groups is 2. The van der Waals surface area contributed by atoms with Crippen molar-refractivity contribution in [2.75, 3.05) is 17.1 Å². The second-order valence-electron chi connectivity index (χ2n) is 7.94. The molecule has 7 nitrogen and oxygen atoms in total. The van der Waals surface area contributed by atoms with Gasteiger partial charge in [-0.2, -0.15) is 0 Å². The Hall–Kier alpha value is -2.36. The SMILES string of the molecule is CC[C@H](C)NC(=O)[C@H](C)N(Cc1c(Cl)cccc1Cl)C(=O)CN(c1ccccc1F)S(C)(=O)=O. The molecule has 11 heteroatoms. The first-order valence-electron chi connectivity index (χ1n) is 10.6. The molecular weight excluding hydrogens is 504 g/mol. The average molecular weight is 532 g/mol. The van der Waals surface area contributed by atoms with Crippen LogP contribution in [0.1, 0.15) is 32.8 Å². The molecular formula is C23H28Cl2FN3O4S. The molecule has 0 aliphatic carbocycles. The van der Waals surface area contributed by atoms with E-state index in [1.165, 1.54) is 30.0 Å². The van der Waals surface area contributed by atoms with Gasteiger partial charge in [0, 0.05) is 28.2 Å². The van der Waals surface area contributed by atoms with Gasteiger partial charge in [-0.05, 0) is 44.5 Å². The first kappa shape index (κ1) is 27.9. The number of para-hydroxylation sites is 1. The van der Waals surface area contributed by atoms with Crippen molar-refractivity contribution in [1.29, 1.82) is 0 Å². The molecule has 0 aliphatic rings. The van der Waals surface area contributed by atoms with E-state index in [0.717, 1.165) is 12.3 Å². The minimum atomic E-state index is -4.03. The zero-order valence-corrected chi connectivity index (χ0v) is 21.7. The van der Waals surface area contributed by atoms with Crippen molar-refractivity contribution in [3.63, 3.8) is 0 Å². The minimum absolute atomic E-state index is 0.137. The molecule has 0 heterocycles. The number of hydrogen-bond acceptors (Lipinski definition) is 4. The summed E-state index contributed by atoms with van der Waals surface area (Å²) in [5, 5.41) is 3.39. The van der Waals surface area contributed by atoms with Crippen molar-refractivity contribution < 1.29 is 22.4 Å². The summed E-state index contributed by atoms with van der Waals surface area (Å²) in [6.45, 7) is 4.38. The molecule has 186 valence electrons. The first-order valence-corrected chi connectivity index (χ1v) is 13.2. The largest absolute Gasteiger partial charge is 0.352 e. The number of nitrogens with zero attached hydrogens (tertiary/aromatic N) is 2. The minimum Gasteiger partial charge on any atom is -0.352 e. The van der Waals surface area contributed by atoms with Gasteiger partial charge in [0.1, 0.15) is 18.4 Å². The van der Waals surface area contributed by atoms with Crippen LogP contribution in [0.5, 0.6) is 0 Å². The van der Waals surface area contributed by atoms with E-state index in [1.807, 2.05) is 13.8 Å². The Morgan fingerprint density at radius 3 is 2.18 bits per heavy atom. The monoisotopic (exact) mass is 531 g/mol. The number of halogens is 3. The van der Waals surface area contributed by atoms with Gasteiger partial charge in [-0.25, -0.2) is 12.8 Å². The molecule has 0 spiro atoms. The van der Waals surface area contributed by atoms with Crippen molar-refractivity contribution in [3.8, 4) is 0 Å². The third-order valence-corrected chi connectivity index (χ3v) is 7.19. The molecule has 0 fully saturated rings. The predicted octanol–water partition coefficient (Wildman–Crippen LogP) is 4.23. The summed E-state index contributed by atoms with van der Waals surface area (Å²) in [6.07, 6.45) is 1.55. The van der Waals surface area contributed by atoms with E-state index in [9.17, 15) is 22.4 Å². The number of benzene rings is 2. The number of carbonyl (C=O) groups excluding carboxylic acids is 2. The molecule has 2 rings (SSSR count). The summed E-state index contributed by atoms with van der Waals surface area (Å²) in [5.41, 5.74) is 0.130. The Balaban J connectivity index is 2.46. The van der Waals surface area contributed by atoms with Gasteiger partial charge in [-0.1, -0.05) is 48.3 Å². The highest BCUT2D eigenvalue weighted by Crippen LogP contribution is 2.27. The molecule has 0 saturated heterocycles. The molecule has 2 aromatic rings. The number of hydrogen-bond donors (Lipinski definition) is 1. The van der Waals surface area contributed by atoms with Gasteiger partial charge in [-0.3, -0.25) is 13.9 Å². The first-order chi connectivity index (χ1) is 15.9. The highest BCUT2D eigenvalue weighted by Gasteiger charge is 2.32. The van der Waals surface area contributed by atoms with Gasteiger partial charge in [0.2, 0.25) is 21.8 Å². The van der Waals surface area contributed by atoms with Crippen LogP contribution in [-0.2, 0) is 26.2 Å². The molecule has 2 amide bonds. The van der Waals surface area contributed by atoms with E-state index >= 15 is 0 Å². The van der Waals surface area contributed by atoms with Crippen molar-refractivity contribution in [2.45, 2.75) is 45.8 Å². The van der Waals surface area contributed by atoms with E-state index in [2.05, 4.69) is 5.32 Å². The Bertz CT molecular complexity index is 1130. The van der Waals surface area contributed by atoms with Gasteiger partial charge in [-0.15, -0.1) is 0 Å². The van der Waals surface area contributed by atoms with Gasteiger partial charge < -0.3 is 10.2 Å². The summed E-state index contributed by atoms with van der Waals surface area (Å²) in [4.78, 5) is 27.5. The quantitative estimate of drug-likeness (QED) is 0.496. The van der Waals surface area contributed by atoms with Gasteiger partial charge >= 0.3 is 0 Å². The lowest BCUT2D eigenvalue weighted by molar-refractivity contribution is -0.139. The van der Waals surface area contributed by atoms with Crippen LogP contribution in [0.25, 0.3) is 0 Å². The summed E-state index contributed by atoms with van der Waals surface area (Å²) >= 11 is 12.6. The molecule has 0 aliphatic heterocycles. The second kappa shape index (κ2) is 11.9. The van der Waals surface area contributed by atoms with Crippen LogP contribution in [0.3, 0.4) is 0 Å². The van der Waals surface area contributed by atoms with Crippen LogP contribution in [0, 0.1) is 5.82 Å². The lowest BCUT2D eigenvalue weighted by Gasteiger charge is -2.32. The van der Waals surface area contributed by atoms with Gasteiger partial charge in [0.05, 0.1) is 11.9 Å². The van der Waals surface area contributed by atoms with Crippen molar-refractivity contribution in [2.24, 2.45) is 0 Å². The summed E-state index contributed by atoms with van der Waals surface area (Å²) < 4.78 is 40.0. The van der Waals surface area contributed by atoms with E-state index in [4.69, 9.17) is 23.2 Å². The number of nitrogens with one attached hydrogen (secondary N) is 1. The van der Waals surface area contributed by atoms with Gasteiger partial charge in [0.15, 0.2) is 0 Å². The van der Waals surface area contributed by atoms with Crippen LogP contribution < -0.4 is 9.62 Å². The van der Waals surface area contributed by atoms with Crippen LogP contribution in [-0.4, -0.2) is 50.0 Å². The molecule has 0 radical (unpaired) electrons. The second-order valence-corrected chi connectivity index (χ2v) is 10.7. The molecule has 0 bridgehead atoms. The highest BCUT2D eigenvalue weighted by molar-refractivity contribution is 7.92. The van der Waals surface area contributed by atoms with Gasteiger partial charge in [0.25, 0.3) is 0 Å². The number of anilines is 1. The summed E-state index contributed by atoms with van der Waals surface area (Å²) in [7, 11) is -4.03. The molecule has 2 atom stereocenters. The zero-order chi connectivity index (χ0) is 25.6. The maximum absolute atomic E-state index is 14.4. The summed E-state index contributed by atoms with van der Waals surface area (Å²) in [6, 6.07) is 8.94.